The van der Waals surface area contributed by atoms with Gasteiger partial charge in [0.05, 0.1) is 0 Å². The molecule has 0 atom stereocenters. The van der Waals surface area contributed by atoms with Crippen molar-refractivity contribution in [3.05, 3.63) is 24.2 Å². The summed E-state index contributed by atoms with van der Waals surface area (Å²) in [6.07, 6.45) is 5.55. The second-order valence-corrected chi connectivity index (χ2v) is 3.26. The fraction of sp³-hybridized carbons (Fsp3) is 0.333. The molecule has 0 aromatic carbocycles. The first-order valence-electron chi connectivity index (χ1n) is 4.16. The summed E-state index contributed by atoms with van der Waals surface area (Å²) in [5.74, 6) is 0.901. The van der Waals surface area contributed by atoms with E-state index in [0.717, 1.165) is 17.2 Å². The van der Waals surface area contributed by atoms with E-state index in [0.29, 0.717) is 0 Å². The molecule has 0 saturated carbocycles. The van der Waals surface area contributed by atoms with Gasteiger partial charge >= 0.3 is 0 Å². The highest BCUT2D eigenvalue weighted by Crippen LogP contribution is 2.13. The second kappa shape index (κ2) is 2.73. The molecule has 2 rings (SSSR count). The Bertz CT molecular complexity index is 430. The fourth-order valence-electron chi connectivity index (χ4n) is 1.36. The lowest BCUT2D eigenvalue weighted by Crippen LogP contribution is -2.14. The molecule has 2 aromatic heterocycles. The van der Waals surface area contributed by atoms with Crippen molar-refractivity contribution in [3.63, 3.8) is 0 Å². The Hall–Kier alpha value is -1.58. The third-order valence-electron chi connectivity index (χ3n) is 1.98. The Morgan fingerprint density at radius 1 is 1.31 bits per heavy atom. The molecule has 0 fully saturated rings. The normalized spacial score (nSPS) is 10.7. The Balaban J connectivity index is 2.78. The van der Waals surface area contributed by atoms with Gasteiger partial charge in [0.2, 0.25) is 5.95 Å². The quantitative estimate of drug-likeness (QED) is 0.652. The van der Waals surface area contributed by atoms with Crippen molar-refractivity contribution in [2.45, 2.75) is 6.92 Å². The van der Waals surface area contributed by atoms with Crippen molar-refractivity contribution >= 4 is 11.6 Å². The Morgan fingerprint density at radius 3 is 2.77 bits per heavy atom. The van der Waals surface area contributed by atoms with E-state index in [1.165, 1.54) is 0 Å². The van der Waals surface area contributed by atoms with E-state index in [-0.39, 0.29) is 0 Å². The molecule has 2 aromatic rings. The van der Waals surface area contributed by atoms with E-state index in [2.05, 4.69) is 9.97 Å². The first kappa shape index (κ1) is 8.04. The van der Waals surface area contributed by atoms with Crippen molar-refractivity contribution in [1.82, 2.24) is 14.4 Å². The predicted octanol–water partition coefficient (Wildman–Crippen LogP) is 1.10. The standard InChI is InChI=1S/C9H12N4/c1-7-6-11-9(12(2)3)13-5-4-10-8(7)13/h4-6H,1-3H3. The summed E-state index contributed by atoms with van der Waals surface area (Å²) in [5, 5.41) is 0. The summed E-state index contributed by atoms with van der Waals surface area (Å²) in [5.41, 5.74) is 2.06. The van der Waals surface area contributed by atoms with Gasteiger partial charge in [-0.15, -0.1) is 0 Å². The van der Waals surface area contributed by atoms with Gasteiger partial charge in [-0.1, -0.05) is 0 Å². The lowest BCUT2D eigenvalue weighted by Gasteiger charge is -2.13. The van der Waals surface area contributed by atoms with Crippen molar-refractivity contribution in [2.24, 2.45) is 0 Å². The molecule has 0 N–H and O–H groups in total. The number of fused-ring (bicyclic) bond motifs is 1. The van der Waals surface area contributed by atoms with Crippen LogP contribution in [0.5, 0.6) is 0 Å². The van der Waals surface area contributed by atoms with Crippen molar-refractivity contribution in [3.8, 4) is 0 Å². The van der Waals surface area contributed by atoms with Crippen molar-refractivity contribution < 1.29 is 0 Å². The number of aryl methyl sites for hydroxylation is 1. The maximum Gasteiger partial charge on any atom is 0.210 e. The number of imidazole rings is 1. The second-order valence-electron chi connectivity index (χ2n) is 3.26. The topological polar surface area (TPSA) is 33.4 Å². The van der Waals surface area contributed by atoms with Crippen molar-refractivity contribution in [2.75, 3.05) is 19.0 Å². The molecule has 0 unspecified atom stereocenters. The van der Waals surface area contributed by atoms with Crippen LogP contribution >= 0.6 is 0 Å². The number of anilines is 1. The van der Waals surface area contributed by atoms with Gasteiger partial charge in [-0.2, -0.15) is 0 Å². The van der Waals surface area contributed by atoms with Crippen LogP contribution in [0.1, 0.15) is 5.56 Å². The predicted molar refractivity (Wildman–Crippen MR) is 52.1 cm³/mol. The Labute approximate surface area is 76.8 Å². The summed E-state index contributed by atoms with van der Waals surface area (Å²) >= 11 is 0. The molecule has 0 aliphatic heterocycles. The van der Waals surface area contributed by atoms with Gasteiger partial charge in [-0.3, -0.25) is 4.40 Å². The number of hydrogen-bond acceptors (Lipinski definition) is 3. The summed E-state index contributed by atoms with van der Waals surface area (Å²) in [6, 6.07) is 0. The molecule has 0 saturated heterocycles. The van der Waals surface area contributed by atoms with Crippen molar-refractivity contribution in [1.29, 1.82) is 0 Å². The molecule has 0 radical (unpaired) electrons. The number of hydrogen-bond donors (Lipinski definition) is 0. The van der Waals surface area contributed by atoms with E-state index in [4.69, 9.17) is 0 Å². The van der Waals surface area contributed by atoms with Crippen LogP contribution in [0.4, 0.5) is 5.95 Å². The van der Waals surface area contributed by atoms with Gasteiger partial charge in [-0.05, 0) is 6.92 Å². The van der Waals surface area contributed by atoms with Gasteiger partial charge in [0, 0.05) is 38.2 Å². The highest BCUT2D eigenvalue weighted by Gasteiger charge is 2.05. The van der Waals surface area contributed by atoms with Crippen LogP contribution in [0, 0.1) is 6.92 Å². The zero-order valence-electron chi connectivity index (χ0n) is 8.02. The number of nitrogens with zero attached hydrogens (tertiary/aromatic N) is 4. The maximum absolute atomic E-state index is 4.33. The minimum absolute atomic E-state index is 0.901. The first-order chi connectivity index (χ1) is 6.20. The molecular weight excluding hydrogens is 164 g/mol. The number of rotatable bonds is 1. The number of aromatic nitrogens is 3. The van der Waals surface area contributed by atoms with Gasteiger partial charge in [-0.25, -0.2) is 9.97 Å². The molecule has 0 amide bonds. The summed E-state index contributed by atoms with van der Waals surface area (Å²) < 4.78 is 1.98. The van der Waals surface area contributed by atoms with Gasteiger partial charge in [0.25, 0.3) is 0 Å². The zero-order valence-corrected chi connectivity index (χ0v) is 8.02. The van der Waals surface area contributed by atoms with Gasteiger partial charge < -0.3 is 4.90 Å². The van der Waals surface area contributed by atoms with Crippen LogP contribution < -0.4 is 4.90 Å². The molecule has 2 heterocycles. The average molecular weight is 176 g/mol. The lowest BCUT2D eigenvalue weighted by molar-refractivity contribution is 0.954. The van der Waals surface area contributed by atoms with Crippen LogP contribution in [0.3, 0.4) is 0 Å². The molecule has 68 valence electrons. The van der Waals surface area contributed by atoms with Gasteiger partial charge in [0.15, 0.2) is 0 Å². The first-order valence-corrected chi connectivity index (χ1v) is 4.16. The third-order valence-corrected chi connectivity index (χ3v) is 1.98. The molecule has 4 heteroatoms. The Kier molecular flexibility index (Phi) is 1.69. The van der Waals surface area contributed by atoms with E-state index in [9.17, 15) is 0 Å². The molecule has 4 nitrogen and oxygen atoms in total. The lowest BCUT2D eigenvalue weighted by atomic mass is 10.4. The van der Waals surface area contributed by atoms with Crippen LogP contribution in [-0.2, 0) is 0 Å². The Morgan fingerprint density at radius 2 is 2.08 bits per heavy atom. The summed E-state index contributed by atoms with van der Waals surface area (Å²) in [6.45, 7) is 2.01. The van der Waals surface area contributed by atoms with Gasteiger partial charge in [0.1, 0.15) is 5.65 Å². The summed E-state index contributed by atoms with van der Waals surface area (Å²) in [7, 11) is 3.94. The average Bonchev–Trinajstić information content (AvgIpc) is 2.53. The SMILES string of the molecule is Cc1cnc(N(C)C)n2ccnc12. The largest absolute Gasteiger partial charge is 0.348 e. The minimum atomic E-state index is 0.901. The van der Waals surface area contributed by atoms with E-state index in [1.807, 2.05) is 42.7 Å². The molecule has 0 spiro atoms. The molecule has 13 heavy (non-hydrogen) atoms. The van der Waals surface area contributed by atoms with Crippen LogP contribution in [0.2, 0.25) is 0 Å². The van der Waals surface area contributed by atoms with E-state index in [1.54, 1.807) is 6.20 Å². The highest BCUT2D eigenvalue weighted by atomic mass is 15.3. The van der Waals surface area contributed by atoms with Crippen LogP contribution in [0.15, 0.2) is 18.6 Å². The monoisotopic (exact) mass is 176 g/mol. The molecule has 0 aliphatic rings. The van der Waals surface area contributed by atoms with Crippen LogP contribution in [-0.4, -0.2) is 28.5 Å². The maximum atomic E-state index is 4.33. The summed E-state index contributed by atoms with van der Waals surface area (Å²) in [4.78, 5) is 10.6. The molecule has 0 aliphatic carbocycles. The highest BCUT2D eigenvalue weighted by molar-refractivity contribution is 5.51. The molecular formula is C9H12N4. The third kappa shape index (κ3) is 1.14. The van der Waals surface area contributed by atoms with E-state index >= 15 is 0 Å². The zero-order chi connectivity index (χ0) is 9.42. The van der Waals surface area contributed by atoms with Crippen LogP contribution in [0.25, 0.3) is 5.65 Å². The molecule has 0 bridgehead atoms. The van der Waals surface area contributed by atoms with E-state index < -0.39 is 0 Å². The fourth-order valence-corrected chi connectivity index (χ4v) is 1.36. The minimum Gasteiger partial charge on any atom is -0.348 e. The smallest absolute Gasteiger partial charge is 0.210 e.